The minimum absolute atomic E-state index is 0.760. The van der Waals surface area contributed by atoms with Crippen molar-refractivity contribution in [2.45, 2.75) is 6.42 Å². The number of hydrogen-bond donors (Lipinski definition) is 1. The number of hydrogen-bond acceptors (Lipinski definition) is 5. The van der Waals surface area contributed by atoms with Gasteiger partial charge >= 0.3 is 0 Å². The van der Waals surface area contributed by atoms with E-state index in [9.17, 15) is 0 Å². The summed E-state index contributed by atoms with van der Waals surface area (Å²) < 4.78 is 0. The first kappa shape index (κ1) is 14.8. The van der Waals surface area contributed by atoms with Crippen LogP contribution in [0.2, 0.25) is 0 Å². The fraction of sp³-hybridized carbons (Fsp3) is 0.105. The summed E-state index contributed by atoms with van der Waals surface area (Å²) in [4.78, 5) is 13.8. The number of rotatable bonds is 5. The molecule has 4 aromatic rings. The van der Waals surface area contributed by atoms with E-state index in [-0.39, 0.29) is 0 Å². The molecule has 0 aliphatic rings. The van der Waals surface area contributed by atoms with Gasteiger partial charge in [0.1, 0.15) is 5.82 Å². The molecule has 0 saturated heterocycles. The molecule has 3 heterocycles. The van der Waals surface area contributed by atoms with Gasteiger partial charge < -0.3 is 5.32 Å². The van der Waals surface area contributed by atoms with Crippen molar-refractivity contribution in [2.75, 3.05) is 11.9 Å². The summed E-state index contributed by atoms with van der Waals surface area (Å²) in [6.07, 6.45) is 2.68. The van der Waals surface area contributed by atoms with Crippen LogP contribution in [0.4, 0.5) is 5.82 Å². The summed E-state index contributed by atoms with van der Waals surface area (Å²) in [5.74, 6) is 1.63. The van der Waals surface area contributed by atoms with Crippen molar-refractivity contribution in [1.82, 2.24) is 15.0 Å². The normalized spacial score (nSPS) is 10.8. The number of benzene rings is 1. The van der Waals surface area contributed by atoms with Crippen LogP contribution in [0.3, 0.4) is 0 Å². The number of nitrogens with one attached hydrogen (secondary N) is 1. The quantitative estimate of drug-likeness (QED) is 0.588. The van der Waals surface area contributed by atoms with E-state index in [0.717, 1.165) is 46.8 Å². The van der Waals surface area contributed by atoms with E-state index in [0.29, 0.717) is 0 Å². The van der Waals surface area contributed by atoms with Crippen molar-refractivity contribution >= 4 is 28.1 Å². The maximum Gasteiger partial charge on any atom is 0.162 e. The number of aromatic nitrogens is 3. The molecule has 4 rings (SSSR count). The smallest absolute Gasteiger partial charge is 0.162 e. The predicted molar refractivity (Wildman–Crippen MR) is 99.3 cm³/mol. The molecule has 4 nitrogen and oxygen atoms in total. The van der Waals surface area contributed by atoms with Gasteiger partial charge in [-0.25, -0.2) is 9.97 Å². The third-order valence-corrected chi connectivity index (χ3v) is 4.47. The van der Waals surface area contributed by atoms with E-state index in [2.05, 4.69) is 26.7 Å². The van der Waals surface area contributed by atoms with Crippen LogP contribution in [0.15, 0.2) is 65.5 Å². The lowest BCUT2D eigenvalue weighted by Crippen LogP contribution is -2.08. The third kappa shape index (κ3) is 3.12. The summed E-state index contributed by atoms with van der Waals surface area (Å²) in [6.45, 7) is 0.779. The van der Waals surface area contributed by atoms with E-state index in [1.165, 1.54) is 0 Å². The van der Waals surface area contributed by atoms with E-state index < -0.39 is 0 Å². The van der Waals surface area contributed by atoms with Gasteiger partial charge in [-0.15, -0.1) is 0 Å². The molecule has 0 bridgehead atoms. The molecule has 118 valence electrons. The summed E-state index contributed by atoms with van der Waals surface area (Å²) in [7, 11) is 0. The Bertz CT molecular complexity index is 936. The first-order valence-corrected chi connectivity index (χ1v) is 8.77. The zero-order chi connectivity index (χ0) is 16.2. The lowest BCUT2D eigenvalue weighted by Gasteiger charge is -2.10. The van der Waals surface area contributed by atoms with Crippen LogP contribution in [0, 0.1) is 0 Å². The number of nitrogens with zero attached hydrogens (tertiary/aromatic N) is 3. The van der Waals surface area contributed by atoms with Gasteiger partial charge in [0.05, 0.1) is 5.52 Å². The molecule has 3 aromatic heterocycles. The van der Waals surface area contributed by atoms with Gasteiger partial charge in [0, 0.05) is 41.2 Å². The highest BCUT2D eigenvalue weighted by Gasteiger charge is 2.09. The van der Waals surface area contributed by atoms with Crippen molar-refractivity contribution in [2.24, 2.45) is 0 Å². The molecule has 0 aliphatic carbocycles. The highest BCUT2D eigenvalue weighted by atomic mass is 32.1. The SMILES string of the molecule is c1ccc(CCNc2nc(-c3ccsc3)nc3ccccc23)nc1. The maximum atomic E-state index is 4.74. The Labute approximate surface area is 144 Å². The third-order valence-electron chi connectivity index (χ3n) is 3.78. The van der Waals surface area contributed by atoms with Crippen molar-refractivity contribution in [1.29, 1.82) is 0 Å². The molecule has 24 heavy (non-hydrogen) atoms. The number of pyridine rings is 1. The molecular formula is C19H16N4S. The summed E-state index contributed by atoms with van der Waals surface area (Å²) >= 11 is 1.65. The molecule has 0 atom stereocenters. The van der Waals surface area contributed by atoms with E-state index >= 15 is 0 Å². The molecular weight excluding hydrogens is 316 g/mol. The highest BCUT2D eigenvalue weighted by Crippen LogP contribution is 2.25. The van der Waals surface area contributed by atoms with Crippen molar-refractivity contribution in [3.05, 3.63) is 71.2 Å². The van der Waals surface area contributed by atoms with Gasteiger partial charge in [-0.05, 0) is 35.7 Å². The van der Waals surface area contributed by atoms with Gasteiger partial charge in [0.25, 0.3) is 0 Å². The van der Waals surface area contributed by atoms with Crippen LogP contribution in [0.25, 0.3) is 22.3 Å². The van der Waals surface area contributed by atoms with Crippen LogP contribution in [-0.4, -0.2) is 21.5 Å². The molecule has 0 aliphatic heterocycles. The Kier molecular flexibility index (Phi) is 4.16. The molecule has 0 amide bonds. The van der Waals surface area contributed by atoms with Crippen molar-refractivity contribution in [3.63, 3.8) is 0 Å². The standard InChI is InChI=1S/C19H16N4S/c1-2-7-17-16(6-1)19(21-11-8-15-5-3-4-10-20-15)23-18(22-17)14-9-12-24-13-14/h1-7,9-10,12-13H,8,11H2,(H,21,22,23). The Morgan fingerprint density at radius 2 is 1.88 bits per heavy atom. The van der Waals surface area contributed by atoms with Crippen LogP contribution < -0.4 is 5.32 Å². The van der Waals surface area contributed by atoms with Gasteiger partial charge in [-0.1, -0.05) is 18.2 Å². The fourth-order valence-electron chi connectivity index (χ4n) is 2.59. The molecule has 5 heteroatoms. The van der Waals surface area contributed by atoms with Crippen molar-refractivity contribution in [3.8, 4) is 11.4 Å². The van der Waals surface area contributed by atoms with Crippen molar-refractivity contribution < 1.29 is 0 Å². The second-order valence-corrected chi connectivity index (χ2v) is 6.20. The van der Waals surface area contributed by atoms with Gasteiger partial charge in [-0.2, -0.15) is 11.3 Å². The highest BCUT2D eigenvalue weighted by molar-refractivity contribution is 7.08. The van der Waals surface area contributed by atoms with Gasteiger partial charge in [-0.3, -0.25) is 4.98 Å². The molecule has 0 spiro atoms. The second kappa shape index (κ2) is 6.76. The minimum atomic E-state index is 0.760. The first-order valence-electron chi connectivity index (χ1n) is 7.83. The molecule has 0 saturated carbocycles. The zero-order valence-electron chi connectivity index (χ0n) is 13.0. The minimum Gasteiger partial charge on any atom is -0.369 e. The number of fused-ring (bicyclic) bond motifs is 1. The summed E-state index contributed by atoms with van der Waals surface area (Å²) in [6, 6.07) is 16.1. The number of anilines is 1. The lowest BCUT2D eigenvalue weighted by molar-refractivity contribution is 0.955. The Hall–Kier alpha value is -2.79. The fourth-order valence-corrected chi connectivity index (χ4v) is 3.22. The van der Waals surface area contributed by atoms with Gasteiger partial charge in [0.15, 0.2) is 5.82 Å². The Morgan fingerprint density at radius 1 is 0.958 bits per heavy atom. The molecule has 0 radical (unpaired) electrons. The van der Waals surface area contributed by atoms with Crippen LogP contribution >= 0.6 is 11.3 Å². The van der Waals surface area contributed by atoms with E-state index in [4.69, 9.17) is 4.98 Å². The average Bonchev–Trinajstić information content (AvgIpc) is 3.17. The monoisotopic (exact) mass is 332 g/mol. The lowest BCUT2D eigenvalue weighted by atomic mass is 10.2. The van der Waals surface area contributed by atoms with Gasteiger partial charge in [0.2, 0.25) is 0 Å². The number of thiophene rings is 1. The van der Waals surface area contributed by atoms with Crippen LogP contribution in [-0.2, 0) is 6.42 Å². The Morgan fingerprint density at radius 3 is 2.71 bits per heavy atom. The summed E-state index contributed by atoms with van der Waals surface area (Å²) in [5, 5.41) is 8.61. The number of para-hydroxylation sites is 1. The average molecular weight is 332 g/mol. The van der Waals surface area contributed by atoms with Crippen LogP contribution in [0.1, 0.15) is 5.69 Å². The topological polar surface area (TPSA) is 50.7 Å². The molecule has 0 fully saturated rings. The Balaban J connectivity index is 1.63. The van der Waals surface area contributed by atoms with E-state index in [1.807, 2.05) is 54.0 Å². The molecule has 1 N–H and O–H groups in total. The zero-order valence-corrected chi connectivity index (χ0v) is 13.8. The predicted octanol–water partition coefficient (Wildman–Crippen LogP) is 4.41. The summed E-state index contributed by atoms with van der Waals surface area (Å²) in [5.41, 5.74) is 3.08. The van der Waals surface area contributed by atoms with E-state index in [1.54, 1.807) is 11.3 Å². The molecule has 0 unspecified atom stereocenters. The maximum absolute atomic E-state index is 4.74. The van der Waals surface area contributed by atoms with Crippen LogP contribution in [0.5, 0.6) is 0 Å². The second-order valence-electron chi connectivity index (χ2n) is 5.42. The largest absolute Gasteiger partial charge is 0.369 e. The molecule has 1 aromatic carbocycles. The first-order chi connectivity index (χ1) is 11.9.